The van der Waals surface area contributed by atoms with Crippen LogP contribution in [0.15, 0.2) is 28.7 Å². The number of hydrogen-bond donors (Lipinski definition) is 2. The highest BCUT2D eigenvalue weighted by molar-refractivity contribution is 9.10. The number of nitrogens with one attached hydrogen (secondary N) is 1. The highest BCUT2D eigenvalue weighted by Gasteiger charge is 2.15. The molecule has 1 unspecified atom stereocenters. The van der Waals surface area contributed by atoms with E-state index in [1.807, 2.05) is 22.9 Å². The predicted octanol–water partition coefficient (Wildman–Crippen LogP) is 3.63. The van der Waals surface area contributed by atoms with Crippen molar-refractivity contribution in [3.63, 3.8) is 0 Å². The number of hydrogen-bond acceptors (Lipinski definition) is 3. The van der Waals surface area contributed by atoms with Crippen LogP contribution >= 0.6 is 27.5 Å². The lowest BCUT2D eigenvalue weighted by Gasteiger charge is -2.17. The Morgan fingerprint density at radius 1 is 1.33 bits per heavy atom. The van der Waals surface area contributed by atoms with Gasteiger partial charge in [-0.3, -0.25) is 16.0 Å². The minimum absolute atomic E-state index is 0.00768. The SMILES string of the molecule is CCc1cc(CC(NN)c2cc(Cl)cc(Br)c2)n(CC)n1. The number of nitrogens with two attached hydrogens (primary N) is 1. The smallest absolute Gasteiger partial charge is 0.0624 e. The molecule has 3 N–H and O–H groups in total. The third-order valence-corrected chi connectivity index (χ3v) is 4.15. The molecule has 0 radical (unpaired) electrons. The second kappa shape index (κ2) is 7.40. The average Bonchev–Trinajstić information content (AvgIpc) is 2.85. The number of benzene rings is 1. The van der Waals surface area contributed by atoms with Crippen molar-refractivity contribution in [1.82, 2.24) is 15.2 Å². The van der Waals surface area contributed by atoms with Crippen LogP contribution in [0.4, 0.5) is 0 Å². The molecule has 0 saturated heterocycles. The molecule has 4 nitrogen and oxygen atoms in total. The second-order valence-electron chi connectivity index (χ2n) is 4.92. The van der Waals surface area contributed by atoms with Gasteiger partial charge in [0.2, 0.25) is 0 Å². The highest BCUT2D eigenvalue weighted by atomic mass is 79.9. The summed E-state index contributed by atoms with van der Waals surface area (Å²) in [6, 6.07) is 7.97. The van der Waals surface area contributed by atoms with Crippen LogP contribution in [0.2, 0.25) is 5.02 Å². The van der Waals surface area contributed by atoms with Gasteiger partial charge in [0, 0.05) is 28.2 Å². The van der Waals surface area contributed by atoms with Gasteiger partial charge < -0.3 is 0 Å². The van der Waals surface area contributed by atoms with Crippen molar-refractivity contribution in [3.8, 4) is 0 Å². The number of rotatable bonds is 6. The van der Waals surface area contributed by atoms with E-state index in [1.54, 1.807) is 0 Å². The molecular formula is C15H20BrClN4. The molecule has 114 valence electrons. The summed E-state index contributed by atoms with van der Waals surface area (Å²) >= 11 is 9.59. The molecule has 0 spiro atoms. The summed E-state index contributed by atoms with van der Waals surface area (Å²) in [5.74, 6) is 5.75. The van der Waals surface area contributed by atoms with Crippen LogP contribution in [-0.4, -0.2) is 9.78 Å². The van der Waals surface area contributed by atoms with Gasteiger partial charge in [0.05, 0.1) is 11.7 Å². The Kier molecular flexibility index (Phi) is 5.81. The lowest BCUT2D eigenvalue weighted by molar-refractivity contribution is 0.516. The molecule has 6 heteroatoms. The maximum atomic E-state index is 6.12. The van der Waals surface area contributed by atoms with E-state index in [0.29, 0.717) is 5.02 Å². The van der Waals surface area contributed by atoms with Gasteiger partial charge in [-0.2, -0.15) is 5.10 Å². The summed E-state index contributed by atoms with van der Waals surface area (Å²) in [4.78, 5) is 0. The first kappa shape index (κ1) is 16.5. The van der Waals surface area contributed by atoms with Gasteiger partial charge in [-0.1, -0.05) is 34.5 Å². The van der Waals surface area contributed by atoms with Crippen molar-refractivity contribution < 1.29 is 0 Å². The zero-order valence-corrected chi connectivity index (χ0v) is 14.6. The Hall–Kier alpha value is -0.880. The van der Waals surface area contributed by atoms with E-state index in [4.69, 9.17) is 17.4 Å². The first-order chi connectivity index (χ1) is 10.1. The second-order valence-corrected chi connectivity index (χ2v) is 6.27. The maximum Gasteiger partial charge on any atom is 0.0624 e. The van der Waals surface area contributed by atoms with Gasteiger partial charge in [-0.25, -0.2) is 0 Å². The molecule has 0 bridgehead atoms. The minimum Gasteiger partial charge on any atom is -0.271 e. The molecule has 0 aliphatic heterocycles. The number of hydrazine groups is 1. The lowest BCUT2D eigenvalue weighted by Crippen LogP contribution is -2.30. The average molecular weight is 372 g/mol. The Balaban J connectivity index is 2.28. The third kappa shape index (κ3) is 4.07. The van der Waals surface area contributed by atoms with Gasteiger partial charge in [0.15, 0.2) is 0 Å². The molecule has 2 aromatic rings. The number of aryl methyl sites for hydroxylation is 2. The summed E-state index contributed by atoms with van der Waals surface area (Å²) in [5.41, 5.74) is 6.21. The molecule has 0 fully saturated rings. The molecule has 0 aliphatic carbocycles. The zero-order valence-electron chi connectivity index (χ0n) is 12.2. The van der Waals surface area contributed by atoms with Gasteiger partial charge >= 0.3 is 0 Å². The fourth-order valence-corrected chi connectivity index (χ4v) is 3.27. The molecule has 0 amide bonds. The number of halogens is 2. The van der Waals surface area contributed by atoms with Crippen LogP contribution in [0.1, 0.15) is 36.8 Å². The highest BCUT2D eigenvalue weighted by Crippen LogP contribution is 2.26. The van der Waals surface area contributed by atoms with Crippen LogP contribution in [0.25, 0.3) is 0 Å². The lowest BCUT2D eigenvalue weighted by atomic mass is 10.0. The van der Waals surface area contributed by atoms with Crippen molar-refractivity contribution in [2.24, 2.45) is 5.84 Å². The summed E-state index contributed by atoms with van der Waals surface area (Å²) in [7, 11) is 0. The molecular weight excluding hydrogens is 352 g/mol. The Morgan fingerprint density at radius 3 is 2.67 bits per heavy atom. The van der Waals surface area contributed by atoms with Crippen molar-refractivity contribution in [2.45, 2.75) is 39.3 Å². The quantitative estimate of drug-likeness (QED) is 0.602. The summed E-state index contributed by atoms with van der Waals surface area (Å²) in [5, 5.41) is 5.27. The van der Waals surface area contributed by atoms with E-state index in [1.165, 1.54) is 5.69 Å². The molecule has 1 aromatic carbocycles. The van der Waals surface area contributed by atoms with Crippen LogP contribution < -0.4 is 11.3 Å². The fourth-order valence-electron chi connectivity index (χ4n) is 2.38. The molecule has 0 saturated carbocycles. The molecule has 1 atom stereocenters. The molecule has 1 aromatic heterocycles. The van der Waals surface area contributed by atoms with E-state index in [9.17, 15) is 0 Å². The number of nitrogens with zero attached hydrogens (tertiary/aromatic N) is 2. The maximum absolute atomic E-state index is 6.12. The van der Waals surface area contributed by atoms with Crippen LogP contribution in [0.3, 0.4) is 0 Å². The van der Waals surface area contributed by atoms with E-state index in [0.717, 1.165) is 35.1 Å². The van der Waals surface area contributed by atoms with E-state index in [2.05, 4.69) is 46.4 Å². The zero-order chi connectivity index (χ0) is 15.4. The summed E-state index contributed by atoms with van der Waals surface area (Å²) in [6.07, 6.45) is 1.70. The molecule has 2 rings (SSSR count). The van der Waals surface area contributed by atoms with Crippen molar-refractivity contribution in [1.29, 1.82) is 0 Å². The van der Waals surface area contributed by atoms with E-state index < -0.39 is 0 Å². The minimum atomic E-state index is -0.00768. The predicted molar refractivity (Wildman–Crippen MR) is 90.2 cm³/mol. The third-order valence-electron chi connectivity index (χ3n) is 3.48. The first-order valence-electron chi connectivity index (χ1n) is 7.05. The molecule has 21 heavy (non-hydrogen) atoms. The molecule has 1 heterocycles. The van der Waals surface area contributed by atoms with Crippen LogP contribution in [-0.2, 0) is 19.4 Å². The Morgan fingerprint density at radius 2 is 2.10 bits per heavy atom. The largest absolute Gasteiger partial charge is 0.271 e. The van der Waals surface area contributed by atoms with Crippen LogP contribution in [0.5, 0.6) is 0 Å². The summed E-state index contributed by atoms with van der Waals surface area (Å²) < 4.78 is 2.98. The molecule has 0 aliphatic rings. The Bertz CT molecular complexity index is 591. The Labute approximate surface area is 138 Å². The van der Waals surface area contributed by atoms with Gasteiger partial charge in [-0.15, -0.1) is 0 Å². The number of aromatic nitrogens is 2. The monoisotopic (exact) mass is 370 g/mol. The van der Waals surface area contributed by atoms with Crippen molar-refractivity contribution in [3.05, 3.63) is 50.7 Å². The van der Waals surface area contributed by atoms with Crippen LogP contribution in [0, 0.1) is 0 Å². The van der Waals surface area contributed by atoms with Crippen molar-refractivity contribution in [2.75, 3.05) is 0 Å². The standard InChI is InChI=1S/C15H20BrClN4/c1-3-13-8-14(21(4-2)20-13)9-15(19-18)10-5-11(16)7-12(17)6-10/h5-8,15,19H,3-4,9,18H2,1-2H3. The van der Waals surface area contributed by atoms with Gasteiger partial charge in [0.25, 0.3) is 0 Å². The van der Waals surface area contributed by atoms with Crippen molar-refractivity contribution >= 4 is 27.5 Å². The normalized spacial score (nSPS) is 12.6. The first-order valence-corrected chi connectivity index (χ1v) is 8.22. The fraction of sp³-hybridized carbons (Fsp3) is 0.400. The topological polar surface area (TPSA) is 55.9 Å². The van der Waals surface area contributed by atoms with Gasteiger partial charge in [-0.05, 0) is 43.2 Å². The van der Waals surface area contributed by atoms with E-state index >= 15 is 0 Å². The summed E-state index contributed by atoms with van der Waals surface area (Å²) in [6.45, 7) is 5.06. The van der Waals surface area contributed by atoms with Gasteiger partial charge in [0.1, 0.15) is 0 Å². The van der Waals surface area contributed by atoms with E-state index in [-0.39, 0.29) is 6.04 Å².